The van der Waals surface area contributed by atoms with Gasteiger partial charge < -0.3 is 20.1 Å². The molecule has 0 spiro atoms. The van der Waals surface area contributed by atoms with Crippen molar-refractivity contribution >= 4 is 33.3 Å². The number of sulfone groups is 1. The maximum absolute atomic E-state index is 12.2. The number of methoxy groups -OCH3 is 1. The minimum absolute atomic E-state index is 0.116. The second-order valence-electron chi connectivity index (χ2n) is 7.07. The lowest BCUT2D eigenvalue weighted by Gasteiger charge is -2.11. The van der Waals surface area contributed by atoms with E-state index in [0.717, 1.165) is 11.1 Å². The van der Waals surface area contributed by atoms with Crippen molar-refractivity contribution in [3.63, 3.8) is 0 Å². The number of rotatable bonds is 10. The first-order valence-electron chi connectivity index (χ1n) is 9.77. The number of hydrogen-bond donors (Lipinski definition) is 2. The van der Waals surface area contributed by atoms with Crippen molar-refractivity contribution in [3.8, 4) is 5.75 Å². The number of ether oxygens (including phenoxy) is 2. The topological polar surface area (TPSA) is 128 Å². The Hall–Kier alpha value is -3.40. The summed E-state index contributed by atoms with van der Waals surface area (Å²) >= 11 is 0. The van der Waals surface area contributed by atoms with Crippen LogP contribution in [0.25, 0.3) is 0 Å². The van der Waals surface area contributed by atoms with Crippen LogP contribution < -0.4 is 15.4 Å². The highest BCUT2D eigenvalue weighted by atomic mass is 32.2. The van der Waals surface area contributed by atoms with Gasteiger partial charge in [0, 0.05) is 0 Å². The molecule has 0 unspecified atom stereocenters. The number of aryl methyl sites for hydroxylation is 2. The van der Waals surface area contributed by atoms with Crippen LogP contribution in [0.2, 0.25) is 0 Å². The third-order valence-electron chi connectivity index (χ3n) is 4.39. The average molecular weight is 463 g/mol. The highest BCUT2D eigenvalue weighted by Crippen LogP contribution is 2.24. The zero-order valence-electron chi connectivity index (χ0n) is 18.1. The fraction of sp³-hybridized carbons (Fsp3) is 0.318. The van der Waals surface area contributed by atoms with Crippen molar-refractivity contribution in [2.24, 2.45) is 0 Å². The first kappa shape index (κ1) is 24.9. The summed E-state index contributed by atoms with van der Waals surface area (Å²) in [6.45, 7) is 2.73. The molecule has 2 amide bonds. The van der Waals surface area contributed by atoms with Crippen LogP contribution in [0.5, 0.6) is 5.75 Å². The molecular weight excluding hydrogens is 436 g/mol. The van der Waals surface area contributed by atoms with Crippen LogP contribution >= 0.6 is 0 Å². The highest BCUT2D eigenvalue weighted by molar-refractivity contribution is 7.91. The van der Waals surface area contributed by atoms with E-state index in [1.165, 1.54) is 19.2 Å². The summed E-state index contributed by atoms with van der Waals surface area (Å²) < 4.78 is 34.4. The largest absolute Gasteiger partial charge is 0.495 e. The van der Waals surface area contributed by atoms with Gasteiger partial charge >= 0.3 is 5.97 Å². The Balaban J connectivity index is 1.73. The molecule has 0 aromatic heterocycles. The minimum atomic E-state index is -3.64. The number of anilines is 1. The SMILES string of the molecule is COc1ccc(C)cc1NC(=O)CNC(=O)COC(=O)CCS(=O)(=O)c1ccc(C)cc1. The average Bonchev–Trinajstić information content (AvgIpc) is 2.75. The number of esters is 1. The molecule has 2 N–H and O–H groups in total. The smallest absolute Gasteiger partial charge is 0.307 e. The summed E-state index contributed by atoms with van der Waals surface area (Å²) in [7, 11) is -2.16. The molecule has 2 aromatic carbocycles. The van der Waals surface area contributed by atoms with Gasteiger partial charge in [-0.15, -0.1) is 0 Å². The molecule has 0 atom stereocenters. The quantitative estimate of drug-likeness (QED) is 0.515. The van der Waals surface area contributed by atoms with Crippen molar-refractivity contribution in [1.82, 2.24) is 5.32 Å². The lowest BCUT2D eigenvalue weighted by molar-refractivity contribution is -0.148. The van der Waals surface area contributed by atoms with E-state index >= 15 is 0 Å². The van der Waals surface area contributed by atoms with Gasteiger partial charge in [0.15, 0.2) is 16.4 Å². The van der Waals surface area contributed by atoms with Crippen LogP contribution in [0.15, 0.2) is 47.4 Å². The highest BCUT2D eigenvalue weighted by Gasteiger charge is 2.18. The molecule has 0 saturated carbocycles. The molecule has 0 heterocycles. The van der Waals surface area contributed by atoms with E-state index in [-0.39, 0.29) is 11.4 Å². The second-order valence-corrected chi connectivity index (χ2v) is 9.18. The molecule has 0 aliphatic carbocycles. The van der Waals surface area contributed by atoms with Gasteiger partial charge in [-0.1, -0.05) is 23.8 Å². The van der Waals surface area contributed by atoms with Gasteiger partial charge in [-0.25, -0.2) is 8.42 Å². The predicted molar refractivity (Wildman–Crippen MR) is 118 cm³/mol. The van der Waals surface area contributed by atoms with Crippen molar-refractivity contribution in [2.75, 3.05) is 31.3 Å². The van der Waals surface area contributed by atoms with E-state index in [1.54, 1.807) is 24.3 Å². The number of carbonyl (C=O) groups excluding carboxylic acids is 3. The van der Waals surface area contributed by atoms with Crippen LogP contribution in [0.3, 0.4) is 0 Å². The third kappa shape index (κ3) is 7.69. The number of nitrogens with one attached hydrogen (secondary N) is 2. The first-order valence-corrected chi connectivity index (χ1v) is 11.4. The Morgan fingerprint density at radius 2 is 1.59 bits per heavy atom. The number of benzene rings is 2. The number of amides is 2. The van der Waals surface area contributed by atoms with Crippen LogP contribution in [0.4, 0.5) is 5.69 Å². The Morgan fingerprint density at radius 3 is 2.25 bits per heavy atom. The van der Waals surface area contributed by atoms with Crippen molar-refractivity contribution in [1.29, 1.82) is 0 Å². The van der Waals surface area contributed by atoms with Gasteiger partial charge in [0.1, 0.15) is 5.75 Å². The van der Waals surface area contributed by atoms with Gasteiger partial charge in [0.2, 0.25) is 5.91 Å². The van der Waals surface area contributed by atoms with Gasteiger partial charge in [0.05, 0.1) is 36.4 Å². The van der Waals surface area contributed by atoms with E-state index in [2.05, 4.69) is 10.6 Å². The predicted octanol–water partition coefficient (Wildman–Crippen LogP) is 1.77. The fourth-order valence-electron chi connectivity index (χ4n) is 2.64. The molecular formula is C22H26N2O7S. The fourth-order valence-corrected chi connectivity index (χ4v) is 3.87. The van der Waals surface area contributed by atoms with E-state index in [1.807, 2.05) is 19.9 Å². The molecule has 0 aliphatic rings. The summed E-state index contributed by atoms with van der Waals surface area (Å²) in [6.07, 6.45) is -0.392. The van der Waals surface area contributed by atoms with Crippen molar-refractivity contribution in [2.45, 2.75) is 25.2 Å². The van der Waals surface area contributed by atoms with Gasteiger partial charge in [-0.2, -0.15) is 0 Å². The summed E-state index contributed by atoms with van der Waals surface area (Å²) in [5.41, 5.74) is 2.30. The molecule has 0 saturated heterocycles. The standard InChI is InChI=1S/C22H26N2O7S/c1-15-4-7-17(8-5-15)32(28,29)11-10-22(27)31-14-21(26)23-13-20(25)24-18-12-16(2)6-9-19(18)30-3/h4-9,12H,10-11,13-14H2,1-3H3,(H,23,26)(H,24,25). The number of carbonyl (C=O) groups is 3. The van der Waals surface area contributed by atoms with E-state index in [9.17, 15) is 22.8 Å². The Bertz CT molecular complexity index is 1080. The normalized spacial score (nSPS) is 10.8. The van der Waals surface area contributed by atoms with Crippen LogP contribution in [0.1, 0.15) is 17.5 Å². The second kappa shape index (κ2) is 11.3. The van der Waals surface area contributed by atoms with Crippen LogP contribution in [-0.4, -0.2) is 52.2 Å². The number of hydrogen-bond acceptors (Lipinski definition) is 7. The third-order valence-corrected chi connectivity index (χ3v) is 6.13. The van der Waals surface area contributed by atoms with Gasteiger partial charge in [-0.3, -0.25) is 14.4 Å². The molecule has 9 nitrogen and oxygen atoms in total. The zero-order valence-corrected chi connectivity index (χ0v) is 19.0. The van der Waals surface area contributed by atoms with E-state index in [4.69, 9.17) is 9.47 Å². The lowest BCUT2D eigenvalue weighted by atomic mass is 10.2. The molecule has 0 aliphatic heterocycles. The zero-order chi connectivity index (χ0) is 23.7. The maximum atomic E-state index is 12.2. The van der Waals surface area contributed by atoms with E-state index in [0.29, 0.717) is 11.4 Å². The Labute approximate surface area is 187 Å². The molecule has 2 aromatic rings. The molecule has 10 heteroatoms. The van der Waals surface area contributed by atoms with Crippen molar-refractivity contribution < 1.29 is 32.3 Å². The molecule has 172 valence electrons. The van der Waals surface area contributed by atoms with Gasteiger partial charge in [0.25, 0.3) is 5.91 Å². The molecule has 32 heavy (non-hydrogen) atoms. The molecule has 2 rings (SSSR count). The Morgan fingerprint density at radius 1 is 0.938 bits per heavy atom. The van der Waals surface area contributed by atoms with Crippen molar-refractivity contribution in [3.05, 3.63) is 53.6 Å². The molecule has 0 radical (unpaired) electrons. The summed E-state index contributed by atoms with van der Waals surface area (Å²) in [5.74, 6) is -1.96. The van der Waals surface area contributed by atoms with Crippen LogP contribution in [-0.2, 0) is 29.0 Å². The summed E-state index contributed by atoms with van der Waals surface area (Å²) in [6, 6.07) is 11.5. The lowest BCUT2D eigenvalue weighted by Crippen LogP contribution is -2.35. The maximum Gasteiger partial charge on any atom is 0.307 e. The van der Waals surface area contributed by atoms with E-state index < -0.39 is 46.4 Å². The monoisotopic (exact) mass is 462 g/mol. The summed E-state index contributed by atoms with van der Waals surface area (Å²) in [4.78, 5) is 35.8. The molecule has 0 fully saturated rings. The first-order chi connectivity index (χ1) is 15.1. The Kier molecular flexibility index (Phi) is 8.77. The van der Waals surface area contributed by atoms with Crippen LogP contribution in [0, 0.1) is 13.8 Å². The molecule has 0 bridgehead atoms. The summed E-state index contributed by atoms with van der Waals surface area (Å²) in [5, 5.41) is 4.95. The van der Waals surface area contributed by atoms with Gasteiger partial charge in [-0.05, 0) is 43.7 Å². The minimum Gasteiger partial charge on any atom is -0.495 e.